The molecule has 2 aromatic carbocycles. The molecule has 2 heterocycles. The number of hydrogen-bond acceptors (Lipinski definition) is 7. The molecular weight excluding hydrogens is 378 g/mol. The Balaban J connectivity index is 1.29. The summed E-state index contributed by atoms with van der Waals surface area (Å²) in [5, 5.41) is 11.5. The van der Waals surface area contributed by atoms with Gasteiger partial charge in [0, 0.05) is 29.5 Å². The van der Waals surface area contributed by atoms with Gasteiger partial charge in [-0.1, -0.05) is 29.0 Å². The average molecular weight is 397 g/mol. The molecule has 0 saturated carbocycles. The second-order valence-corrected chi connectivity index (χ2v) is 7.51. The molecule has 1 N–H and O–H groups in total. The molecule has 0 fully saturated rings. The molecule has 1 aromatic heterocycles. The summed E-state index contributed by atoms with van der Waals surface area (Å²) < 4.78 is 16.3. The third-order valence-corrected chi connectivity index (χ3v) is 4.91. The van der Waals surface area contributed by atoms with Gasteiger partial charge >= 0.3 is 0 Å². The van der Waals surface area contributed by atoms with Gasteiger partial charge < -0.3 is 19.2 Å². The van der Waals surface area contributed by atoms with Crippen molar-refractivity contribution in [2.75, 3.05) is 17.9 Å². The number of thioether (sulfide) groups is 1. The van der Waals surface area contributed by atoms with Gasteiger partial charge in [-0.25, -0.2) is 0 Å². The smallest absolute Gasteiger partial charge is 0.276 e. The van der Waals surface area contributed by atoms with E-state index in [1.807, 2.05) is 26.0 Å². The van der Waals surface area contributed by atoms with Crippen LogP contribution in [0.1, 0.15) is 17.5 Å². The molecule has 4 rings (SSSR count). The topological polar surface area (TPSA) is 86.5 Å². The lowest BCUT2D eigenvalue weighted by molar-refractivity contribution is -0.115. The van der Waals surface area contributed by atoms with E-state index in [9.17, 15) is 4.79 Å². The lowest BCUT2D eigenvalue weighted by Crippen LogP contribution is -2.12. The number of amides is 1. The van der Waals surface area contributed by atoms with Crippen LogP contribution in [-0.2, 0) is 4.79 Å². The third-order valence-electron chi connectivity index (χ3n) is 4.09. The number of rotatable bonds is 6. The molecule has 8 heteroatoms. The zero-order chi connectivity index (χ0) is 19.5. The standard InChI is InChI=1S/C20H19N3O4S/c1-12-7-13(2)9-14(8-12)19-22-23-20(27-19)28-6-5-18(24)21-15-3-4-16-17(10-15)26-11-25-16/h3-4,7-10H,5-6,11H2,1-2H3,(H,21,24). The van der Waals surface area contributed by atoms with Gasteiger partial charge in [-0.15, -0.1) is 10.2 Å². The van der Waals surface area contributed by atoms with Gasteiger partial charge in [-0.2, -0.15) is 0 Å². The fourth-order valence-corrected chi connectivity index (χ4v) is 3.61. The predicted molar refractivity (Wildman–Crippen MR) is 106 cm³/mol. The Bertz CT molecular complexity index is 998. The number of anilines is 1. The summed E-state index contributed by atoms with van der Waals surface area (Å²) in [4.78, 5) is 12.1. The number of nitrogens with zero attached hydrogens (tertiary/aromatic N) is 2. The van der Waals surface area contributed by atoms with Crippen molar-refractivity contribution in [1.29, 1.82) is 0 Å². The normalized spacial score (nSPS) is 12.2. The van der Waals surface area contributed by atoms with Crippen LogP contribution in [0.5, 0.6) is 11.5 Å². The summed E-state index contributed by atoms with van der Waals surface area (Å²) in [6, 6.07) is 11.4. The summed E-state index contributed by atoms with van der Waals surface area (Å²) in [5.74, 6) is 2.24. The van der Waals surface area contributed by atoms with Crippen molar-refractivity contribution in [2.45, 2.75) is 25.5 Å². The monoisotopic (exact) mass is 397 g/mol. The highest BCUT2D eigenvalue weighted by molar-refractivity contribution is 7.99. The maximum atomic E-state index is 12.1. The lowest BCUT2D eigenvalue weighted by Gasteiger charge is -2.05. The molecule has 7 nitrogen and oxygen atoms in total. The minimum absolute atomic E-state index is 0.0968. The zero-order valence-electron chi connectivity index (χ0n) is 15.5. The number of nitrogens with one attached hydrogen (secondary N) is 1. The number of fused-ring (bicyclic) bond motifs is 1. The van der Waals surface area contributed by atoms with Crippen molar-refractivity contribution in [1.82, 2.24) is 10.2 Å². The maximum absolute atomic E-state index is 12.1. The fourth-order valence-electron chi connectivity index (χ4n) is 2.91. The van der Waals surface area contributed by atoms with Crippen LogP contribution in [0, 0.1) is 13.8 Å². The number of hydrogen-bond donors (Lipinski definition) is 1. The highest BCUT2D eigenvalue weighted by Gasteiger charge is 2.15. The summed E-state index contributed by atoms with van der Waals surface area (Å²) >= 11 is 1.36. The molecule has 28 heavy (non-hydrogen) atoms. The second-order valence-electron chi connectivity index (χ2n) is 6.46. The van der Waals surface area contributed by atoms with Crippen LogP contribution in [0.3, 0.4) is 0 Å². The Labute approximate surface area is 166 Å². The van der Waals surface area contributed by atoms with Gasteiger partial charge in [0.15, 0.2) is 11.5 Å². The highest BCUT2D eigenvalue weighted by Crippen LogP contribution is 2.34. The molecule has 0 unspecified atom stereocenters. The molecule has 0 aliphatic carbocycles. The summed E-state index contributed by atoms with van der Waals surface area (Å²) in [6.45, 7) is 4.26. The van der Waals surface area contributed by atoms with Crippen LogP contribution in [0.25, 0.3) is 11.5 Å². The Kier molecular flexibility index (Phi) is 5.21. The predicted octanol–water partition coefficient (Wildman–Crippen LogP) is 4.20. The second kappa shape index (κ2) is 7.93. The van der Waals surface area contributed by atoms with Gasteiger partial charge in [0.25, 0.3) is 5.22 Å². The van der Waals surface area contributed by atoms with Gasteiger partial charge in [-0.3, -0.25) is 4.79 Å². The van der Waals surface area contributed by atoms with Crippen molar-refractivity contribution in [3.8, 4) is 23.0 Å². The van der Waals surface area contributed by atoms with E-state index in [1.54, 1.807) is 18.2 Å². The van der Waals surface area contributed by atoms with Crippen LogP contribution in [-0.4, -0.2) is 28.7 Å². The molecule has 3 aromatic rings. The van der Waals surface area contributed by atoms with Gasteiger partial charge in [0.1, 0.15) is 0 Å². The fraction of sp³-hybridized carbons (Fsp3) is 0.250. The molecule has 0 bridgehead atoms. The molecule has 0 saturated heterocycles. The van der Waals surface area contributed by atoms with E-state index in [2.05, 4.69) is 21.6 Å². The van der Waals surface area contributed by atoms with Crippen molar-refractivity contribution in [2.24, 2.45) is 0 Å². The highest BCUT2D eigenvalue weighted by atomic mass is 32.2. The van der Waals surface area contributed by atoms with Crippen molar-refractivity contribution in [3.05, 3.63) is 47.5 Å². The van der Waals surface area contributed by atoms with Gasteiger partial charge in [0.05, 0.1) is 0 Å². The zero-order valence-corrected chi connectivity index (χ0v) is 16.3. The Morgan fingerprint density at radius 3 is 2.68 bits per heavy atom. The number of ether oxygens (including phenoxy) is 2. The largest absolute Gasteiger partial charge is 0.454 e. The van der Waals surface area contributed by atoms with Crippen LogP contribution < -0.4 is 14.8 Å². The minimum Gasteiger partial charge on any atom is -0.454 e. The van der Waals surface area contributed by atoms with Crippen LogP contribution in [0.4, 0.5) is 5.69 Å². The maximum Gasteiger partial charge on any atom is 0.276 e. The van der Waals surface area contributed by atoms with E-state index >= 15 is 0 Å². The van der Waals surface area contributed by atoms with E-state index in [0.29, 0.717) is 40.5 Å². The molecule has 0 spiro atoms. The number of carbonyl (C=O) groups is 1. The van der Waals surface area contributed by atoms with E-state index in [-0.39, 0.29) is 12.7 Å². The SMILES string of the molecule is Cc1cc(C)cc(-c2nnc(SCCC(=O)Nc3ccc4c(c3)OCO4)o2)c1. The van der Waals surface area contributed by atoms with Crippen molar-refractivity contribution in [3.63, 3.8) is 0 Å². The van der Waals surface area contributed by atoms with Crippen LogP contribution in [0.15, 0.2) is 46.0 Å². The first-order valence-corrected chi connectivity index (χ1v) is 9.80. The van der Waals surface area contributed by atoms with Crippen LogP contribution in [0.2, 0.25) is 0 Å². The average Bonchev–Trinajstić information content (AvgIpc) is 3.29. The molecule has 144 valence electrons. The molecule has 0 radical (unpaired) electrons. The van der Waals surface area contributed by atoms with E-state index in [0.717, 1.165) is 16.7 Å². The lowest BCUT2D eigenvalue weighted by atomic mass is 10.1. The minimum atomic E-state index is -0.0968. The number of benzene rings is 2. The molecule has 0 atom stereocenters. The molecule has 1 amide bonds. The first-order valence-electron chi connectivity index (χ1n) is 8.81. The summed E-state index contributed by atoms with van der Waals surface area (Å²) in [5.41, 5.74) is 3.86. The third kappa shape index (κ3) is 4.28. The van der Waals surface area contributed by atoms with Crippen LogP contribution >= 0.6 is 11.8 Å². The van der Waals surface area contributed by atoms with Crippen molar-refractivity contribution < 1.29 is 18.7 Å². The number of aryl methyl sites for hydroxylation is 2. The molecule has 1 aliphatic rings. The van der Waals surface area contributed by atoms with Crippen molar-refractivity contribution >= 4 is 23.4 Å². The Morgan fingerprint density at radius 1 is 1.07 bits per heavy atom. The Hall–Kier alpha value is -3.00. The van der Waals surface area contributed by atoms with E-state index < -0.39 is 0 Å². The Morgan fingerprint density at radius 2 is 1.86 bits per heavy atom. The number of carbonyl (C=O) groups excluding carboxylic acids is 1. The van der Waals surface area contributed by atoms with E-state index in [4.69, 9.17) is 13.9 Å². The number of aromatic nitrogens is 2. The molecular formula is C20H19N3O4S. The van der Waals surface area contributed by atoms with Gasteiger partial charge in [0.2, 0.25) is 18.6 Å². The van der Waals surface area contributed by atoms with E-state index in [1.165, 1.54) is 11.8 Å². The van der Waals surface area contributed by atoms with Gasteiger partial charge in [-0.05, 0) is 38.1 Å². The first kappa shape index (κ1) is 18.4. The first-order chi connectivity index (χ1) is 13.6. The quantitative estimate of drug-likeness (QED) is 0.624. The molecule has 1 aliphatic heterocycles. The summed E-state index contributed by atoms with van der Waals surface area (Å²) in [7, 11) is 0. The summed E-state index contributed by atoms with van der Waals surface area (Å²) in [6.07, 6.45) is 0.320.